The zero-order valence-corrected chi connectivity index (χ0v) is 10.3. The molecule has 6 nitrogen and oxygen atoms in total. The molecular weight excluding hydrogens is 230 g/mol. The number of fused-ring (bicyclic) bond motifs is 1. The first-order valence-electron chi connectivity index (χ1n) is 5.92. The Bertz CT molecular complexity index is 591. The van der Waals surface area contributed by atoms with E-state index in [1.165, 1.54) is 0 Å². The Morgan fingerprint density at radius 2 is 2.39 bits per heavy atom. The average Bonchev–Trinajstić information content (AvgIpc) is 3.06. The first-order chi connectivity index (χ1) is 8.83. The number of nitrogens with zero attached hydrogens (tertiary/aromatic N) is 3. The van der Waals surface area contributed by atoms with Gasteiger partial charge in [0.25, 0.3) is 0 Å². The molecule has 3 heterocycles. The summed E-state index contributed by atoms with van der Waals surface area (Å²) in [5, 5.41) is 2.85. The van der Waals surface area contributed by atoms with Crippen molar-refractivity contribution in [2.75, 3.05) is 12.1 Å². The fraction of sp³-hybridized carbons (Fsp3) is 0.333. The van der Waals surface area contributed by atoms with Crippen LogP contribution in [0.25, 0.3) is 10.9 Å². The number of aromatic nitrogens is 2. The van der Waals surface area contributed by atoms with Crippen LogP contribution in [0.3, 0.4) is 0 Å². The van der Waals surface area contributed by atoms with Gasteiger partial charge in [0, 0.05) is 11.6 Å². The second-order valence-corrected chi connectivity index (χ2v) is 4.10. The number of rotatable bonds is 3. The number of hydrogen-bond acceptors (Lipinski definition) is 5. The van der Waals surface area contributed by atoms with Gasteiger partial charge in [-0.05, 0) is 12.5 Å². The summed E-state index contributed by atoms with van der Waals surface area (Å²) in [5.74, 6) is 1.56. The molecule has 0 spiro atoms. The lowest BCUT2D eigenvalue weighted by Gasteiger charge is -2.17. The van der Waals surface area contributed by atoms with Gasteiger partial charge in [0.15, 0.2) is 5.82 Å². The lowest BCUT2D eigenvalue weighted by molar-refractivity contribution is 0.418. The van der Waals surface area contributed by atoms with Crippen molar-refractivity contribution in [3.8, 4) is 5.75 Å². The van der Waals surface area contributed by atoms with E-state index >= 15 is 0 Å². The normalized spacial score (nSPS) is 18.8. The SMILES string of the molecule is CCC1N=CN(c2ncc(OC)c3cc[nH]c23)N1. The number of anilines is 1. The van der Waals surface area contributed by atoms with E-state index in [0.29, 0.717) is 0 Å². The van der Waals surface area contributed by atoms with Gasteiger partial charge in [-0.1, -0.05) is 6.92 Å². The van der Waals surface area contributed by atoms with Gasteiger partial charge in [-0.3, -0.25) is 4.99 Å². The van der Waals surface area contributed by atoms with E-state index in [2.05, 4.69) is 27.3 Å². The van der Waals surface area contributed by atoms with Crippen molar-refractivity contribution in [1.82, 2.24) is 15.4 Å². The third-order valence-electron chi connectivity index (χ3n) is 3.03. The summed E-state index contributed by atoms with van der Waals surface area (Å²) in [7, 11) is 1.64. The summed E-state index contributed by atoms with van der Waals surface area (Å²) in [6.45, 7) is 2.09. The summed E-state index contributed by atoms with van der Waals surface area (Å²) in [6, 6.07) is 1.98. The summed E-state index contributed by atoms with van der Waals surface area (Å²) >= 11 is 0. The summed E-state index contributed by atoms with van der Waals surface area (Å²) < 4.78 is 5.29. The Morgan fingerprint density at radius 1 is 1.50 bits per heavy atom. The molecule has 0 bridgehead atoms. The number of nitrogens with one attached hydrogen (secondary N) is 2. The number of methoxy groups -OCH3 is 1. The fourth-order valence-electron chi connectivity index (χ4n) is 2.05. The second-order valence-electron chi connectivity index (χ2n) is 4.10. The highest BCUT2D eigenvalue weighted by atomic mass is 16.5. The molecule has 3 rings (SSSR count). The van der Waals surface area contributed by atoms with Crippen molar-refractivity contribution < 1.29 is 4.74 Å². The van der Waals surface area contributed by atoms with Crippen LogP contribution in [0.4, 0.5) is 5.82 Å². The summed E-state index contributed by atoms with van der Waals surface area (Å²) in [6.07, 6.45) is 6.43. The molecule has 1 aliphatic heterocycles. The van der Waals surface area contributed by atoms with Crippen LogP contribution in [-0.4, -0.2) is 29.6 Å². The Balaban J connectivity index is 2.03. The van der Waals surface area contributed by atoms with Gasteiger partial charge in [0.1, 0.15) is 18.3 Å². The van der Waals surface area contributed by atoms with E-state index in [1.807, 2.05) is 17.3 Å². The van der Waals surface area contributed by atoms with Crippen molar-refractivity contribution >= 4 is 23.1 Å². The van der Waals surface area contributed by atoms with Gasteiger partial charge in [-0.2, -0.15) is 0 Å². The quantitative estimate of drug-likeness (QED) is 0.863. The second kappa shape index (κ2) is 4.30. The highest BCUT2D eigenvalue weighted by molar-refractivity contribution is 5.97. The number of aromatic amines is 1. The lowest BCUT2D eigenvalue weighted by Crippen LogP contribution is -2.37. The molecule has 1 atom stereocenters. The molecule has 0 fully saturated rings. The highest BCUT2D eigenvalue weighted by Gasteiger charge is 2.20. The predicted molar refractivity (Wildman–Crippen MR) is 70.8 cm³/mol. The van der Waals surface area contributed by atoms with E-state index < -0.39 is 0 Å². The topological polar surface area (TPSA) is 65.5 Å². The van der Waals surface area contributed by atoms with Gasteiger partial charge in [-0.15, -0.1) is 0 Å². The third-order valence-corrected chi connectivity index (χ3v) is 3.03. The van der Waals surface area contributed by atoms with Crippen LogP contribution < -0.4 is 15.2 Å². The van der Waals surface area contributed by atoms with Crippen LogP contribution >= 0.6 is 0 Å². The van der Waals surface area contributed by atoms with Gasteiger partial charge in [0.05, 0.1) is 18.8 Å². The van der Waals surface area contributed by atoms with Crippen LogP contribution in [-0.2, 0) is 0 Å². The Labute approximate surface area is 105 Å². The number of hydrazine groups is 1. The largest absolute Gasteiger partial charge is 0.494 e. The van der Waals surface area contributed by atoms with Crippen LogP contribution in [0.5, 0.6) is 5.75 Å². The zero-order chi connectivity index (χ0) is 12.5. The molecule has 0 saturated carbocycles. The Hall–Kier alpha value is -2.08. The van der Waals surface area contributed by atoms with Gasteiger partial charge >= 0.3 is 0 Å². The molecule has 0 saturated heterocycles. The third kappa shape index (κ3) is 1.62. The summed E-state index contributed by atoms with van der Waals surface area (Å²) in [4.78, 5) is 12.0. The zero-order valence-electron chi connectivity index (χ0n) is 10.3. The monoisotopic (exact) mass is 245 g/mol. The predicted octanol–water partition coefficient (Wildman–Crippen LogP) is 1.66. The first kappa shape index (κ1) is 11.0. The molecule has 6 heteroatoms. The van der Waals surface area contributed by atoms with Gasteiger partial charge in [0.2, 0.25) is 0 Å². The smallest absolute Gasteiger partial charge is 0.173 e. The maximum absolute atomic E-state index is 5.29. The van der Waals surface area contributed by atoms with E-state index in [9.17, 15) is 0 Å². The average molecular weight is 245 g/mol. The molecule has 1 unspecified atom stereocenters. The van der Waals surface area contributed by atoms with Crippen molar-refractivity contribution in [3.63, 3.8) is 0 Å². The minimum atomic E-state index is 0.124. The van der Waals surface area contributed by atoms with E-state index in [4.69, 9.17) is 4.74 Å². The molecule has 94 valence electrons. The highest BCUT2D eigenvalue weighted by Crippen LogP contribution is 2.30. The molecule has 0 aliphatic carbocycles. The molecule has 2 aromatic heterocycles. The van der Waals surface area contributed by atoms with Gasteiger partial charge in [-0.25, -0.2) is 15.4 Å². The number of aliphatic imine (C=N–C) groups is 1. The maximum atomic E-state index is 5.29. The van der Waals surface area contributed by atoms with E-state index in [0.717, 1.165) is 28.9 Å². The number of H-pyrrole nitrogens is 1. The minimum Gasteiger partial charge on any atom is -0.494 e. The molecule has 18 heavy (non-hydrogen) atoms. The van der Waals surface area contributed by atoms with Crippen molar-refractivity contribution in [3.05, 3.63) is 18.5 Å². The number of pyridine rings is 1. The molecule has 0 amide bonds. The van der Waals surface area contributed by atoms with Gasteiger partial charge < -0.3 is 9.72 Å². The molecule has 2 aromatic rings. The van der Waals surface area contributed by atoms with E-state index in [-0.39, 0.29) is 6.17 Å². The molecule has 0 radical (unpaired) electrons. The van der Waals surface area contributed by atoms with Crippen LogP contribution in [0, 0.1) is 0 Å². The molecule has 2 N–H and O–H groups in total. The van der Waals surface area contributed by atoms with Crippen molar-refractivity contribution in [2.24, 2.45) is 4.99 Å². The Morgan fingerprint density at radius 3 is 3.11 bits per heavy atom. The van der Waals surface area contributed by atoms with Crippen molar-refractivity contribution in [1.29, 1.82) is 0 Å². The standard InChI is InChI=1S/C12H15N5O/c1-3-10-15-7-17(16-10)12-11-8(4-5-13-11)9(18-2)6-14-12/h4-7,10,13,16H,3H2,1-2H3. The van der Waals surface area contributed by atoms with Crippen LogP contribution in [0.1, 0.15) is 13.3 Å². The van der Waals surface area contributed by atoms with Crippen molar-refractivity contribution in [2.45, 2.75) is 19.5 Å². The van der Waals surface area contributed by atoms with E-state index in [1.54, 1.807) is 19.6 Å². The molecule has 1 aliphatic rings. The first-order valence-corrected chi connectivity index (χ1v) is 5.92. The minimum absolute atomic E-state index is 0.124. The van der Waals surface area contributed by atoms with Crippen LogP contribution in [0.2, 0.25) is 0 Å². The Kier molecular flexibility index (Phi) is 2.64. The number of ether oxygens (including phenoxy) is 1. The summed E-state index contributed by atoms with van der Waals surface area (Å²) in [5.41, 5.74) is 4.20. The fourth-order valence-corrected chi connectivity index (χ4v) is 2.05. The molecule has 0 aromatic carbocycles. The molecular formula is C12H15N5O. The maximum Gasteiger partial charge on any atom is 0.173 e. The number of hydrogen-bond donors (Lipinski definition) is 2. The van der Waals surface area contributed by atoms with Crippen LogP contribution in [0.15, 0.2) is 23.5 Å². The lowest BCUT2D eigenvalue weighted by atomic mass is 10.3.